The summed E-state index contributed by atoms with van der Waals surface area (Å²) in [7, 11) is 1.74. The molecule has 0 bridgehead atoms. The van der Waals surface area contributed by atoms with Gasteiger partial charge in [-0.15, -0.1) is 0 Å². The van der Waals surface area contributed by atoms with Crippen molar-refractivity contribution in [3.63, 3.8) is 0 Å². The Labute approximate surface area is 79.5 Å². The second-order valence-electron chi connectivity index (χ2n) is 4.02. The summed E-state index contributed by atoms with van der Waals surface area (Å²) in [5, 5.41) is 0. The summed E-state index contributed by atoms with van der Waals surface area (Å²) in [4.78, 5) is 0. The van der Waals surface area contributed by atoms with Crippen molar-refractivity contribution in [1.29, 1.82) is 0 Å². The number of rotatable bonds is 2. The average molecular weight is 179 g/mol. The zero-order valence-electron chi connectivity index (χ0n) is 8.07. The molecule has 3 atom stereocenters. The van der Waals surface area contributed by atoms with Gasteiger partial charge in [0.25, 0.3) is 0 Å². The van der Waals surface area contributed by atoms with Gasteiger partial charge in [0.1, 0.15) is 0 Å². The number of hydrogen-bond acceptors (Lipinski definition) is 2. The molecule has 2 N–H and O–H groups in total. The first-order chi connectivity index (χ1) is 6.31. The average Bonchev–Trinajstić information content (AvgIpc) is 2.48. The molecule has 2 heteroatoms. The van der Waals surface area contributed by atoms with Crippen molar-refractivity contribution < 1.29 is 4.74 Å². The van der Waals surface area contributed by atoms with Gasteiger partial charge in [0, 0.05) is 13.2 Å². The van der Waals surface area contributed by atoms with Crippen LogP contribution < -0.4 is 5.73 Å². The van der Waals surface area contributed by atoms with Crippen LogP contribution in [0.1, 0.15) is 12.8 Å². The normalized spacial score (nSPS) is 37.4. The van der Waals surface area contributed by atoms with Crippen molar-refractivity contribution in [1.82, 2.24) is 0 Å². The lowest BCUT2D eigenvalue weighted by molar-refractivity contribution is 0.226. The van der Waals surface area contributed by atoms with Gasteiger partial charge in [-0.05, 0) is 30.3 Å². The Hall–Kier alpha value is -0.600. The van der Waals surface area contributed by atoms with Crippen molar-refractivity contribution in [3.8, 4) is 0 Å². The molecule has 0 radical (unpaired) electrons. The maximum absolute atomic E-state index is 6.00. The SMILES string of the molecule is COCC1=CC2CC[C@H](N)C2C=C1. The van der Waals surface area contributed by atoms with Gasteiger partial charge in [-0.1, -0.05) is 18.2 Å². The molecule has 2 rings (SSSR count). The Kier molecular flexibility index (Phi) is 2.51. The molecule has 0 aromatic rings. The van der Waals surface area contributed by atoms with E-state index in [1.54, 1.807) is 7.11 Å². The van der Waals surface area contributed by atoms with Crippen LogP contribution in [-0.4, -0.2) is 19.8 Å². The van der Waals surface area contributed by atoms with Crippen LogP contribution in [-0.2, 0) is 4.74 Å². The third kappa shape index (κ3) is 1.69. The van der Waals surface area contributed by atoms with Gasteiger partial charge in [0.05, 0.1) is 6.61 Å². The van der Waals surface area contributed by atoms with E-state index in [0.717, 1.165) is 13.0 Å². The van der Waals surface area contributed by atoms with Gasteiger partial charge in [-0.3, -0.25) is 0 Å². The number of fused-ring (bicyclic) bond motifs is 1. The number of nitrogens with two attached hydrogens (primary N) is 1. The van der Waals surface area contributed by atoms with Crippen LogP contribution in [0, 0.1) is 11.8 Å². The molecule has 0 saturated heterocycles. The van der Waals surface area contributed by atoms with Crippen LogP contribution in [0.3, 0.4) is 0 Å². The second-order valence-corrected chi connectivity index (χ2v) is 4.02. The van der Waals surface area contributed by atoms with Gasteiger partial charge in [0.15, 0.2) is 0 Å². The van der Waals surface area contributed by atoms with Crippen LogP contribution in [0.15, 0.2) is 23.8 Å². The van der Waals surface area contributed by atoms with Crippen molar-refractivity contribution in [2.75, 3.05) is 13.7 Å². The Morgan fingerprint density at radius 1 is 1.54 bits per heavy atom. The summed E-state index contributed by atoms with van der Waals surface area (Å²) in [6, 6.07) is 0.376. The number of hydrogen-bond donors (Lipinski definition) is 1. The Bertz CT molecular complexity index is 244. The maximum atomic E-state index is 6.00. The Balaban J connectivity index is 2.07. The molecule has 1 fully saturated rings. The lowest BCUT2D eigenvalue weighted by atomic mass is 9.87. The molecule has 0 heterocycles. The maximum Gasteiger partial charge on any atom is 0.0710 e. The van der Waals surface area contributed by atoms with Gasteiger partial charge < -0.3 is 10.5 Å². The summed E-state index contributed by atoms with van der Waals surface area (Å²) >= 11 is 0. The molecule has 0 aliphatic heterocycles. The van der Waals surface area contributed by atoms with Crippen LogP contribution in [0.25, 0.3) is 0 Å². The fourth-order valence-electron chi connectivity index (χ4n) is 2.40. The summed E-state index contributed by atoms with van der Waals surface area (Å²) in [6.45, 7) is 0.731. The monoisotopic (exact) mass is 179 g/mol. The largest absolute Gasteiger partial charge is 0.380 e. The molecule has 2 unspecified atom stereocenters. The predicted octanol–water partition coefficient (Wildman–Crippen LogP) is 1.48. The summed E-state index contributed by atoms with van der Waals surface area (Å²) < 4.78 is 5.11. The van der Waals surface area contributed by atoms with E-state index in [9.17, 15) is 0 Å². The number of methoxy groups -OCH3 is 1. The molecule has 0 aromatic heterocycles. The zero-order valence-corrected chi connectivity index (χ0v) is 8.07. The number of allylic oxidation sites excluding steroid dienone is 1. The fraction of sp³-hybridized carbons (Fsp3) is 0.636. The number of ether oxygens (including phenoxy) is 1. The lowest BCUT2D eigenvalue weighted by Gasteiger charge is -2.21. The van der Waals surface area contributed by atoms with E-state index in [-0.39, 0.29) is 0 Å². The van der Waals surface area contributed by atoms with E-state index in [4.69, 9.17) is 10.5 Å². The van der Waals surface area contributed by atoms with E-state index in [2.05, 4.69) is 18.2 Å². The van der Waals surface area contributed by atoms with Crippen molar-refractivity contribution >= 4 is 0 Å². The minimum atomic E-state index is 0.376. The highest BCUT2D eigenvalue weighted by Crippen LogP contribution is 2.36. The molecular formula is C11H17NO. The lowest BCUT2D eigenvalue weighted by Crippen LogP contribution is -2.26. The highest BCUT2D eigenvalue weighted by Gasteiger charge is 2.32. The minimum absolute atomic E-state index is 0.376. The molecule has 0 aromatic carbocycles. The third-order valence-corrected chi connectivity index (χ3v) is 3.09. The quantitative estimate of drug-likeness (QED) is 0.697. The van der Waals surface area contributed by atoms with Gasteiger partial charge >= 0.3 is 0 Å². The predicted molar refractivity (Wildman–Crippen MR) is 53.3 cm³/mol. The van der Waals surface area contributed by atoms with Crippen LogP contribution in [0.2, 0.25) is 0 Å². The van der Waals surface area contributed by atoms with Crippen molar-refractivity contribution in [2.45, 2.75) is 18.9 Å². The molecule has 0 amide bonds. The molecule has 13 heavy (non-hydrogen) atoms. The molecule has 2 aliphatic carbocycles. The van der Waals surface area contributed by atoms with E-state index in [0.29, 0.717) is 17.9 Å². The van der Waals surface area contributed by atoms with Gasteiger partial charge in [-0.25, -0.2) is 0 Å². The molecule has 2 nitrogen and oxygen atoms in total. The third-order valence-electron chi connectivity index (χ3n) is 3.09. The van der Waals surface area contributed by atoms with E-state index in [1.165, 1.54) is 12.0 Å². The Morgan fingerprint density at radius 2 is 2.38 bits per heavy atom. The van der Waals surface area contributed by atoms with Crippen LogP contribution >= 0.6 is 0 Å². The molecular weight excluding hydrogens is 162 g/mol. The topological polar surface area (TPSA) is 35.2 Å². The smallest absolute Gasteiger partial charge is 0.0710 e. The summed E-state index contributed by atoms with van der Waals surface area (Å²) in [5.41, 5.74) is 7.30. The van der Waals surface area contributed by atoms with Gasteiger partial charge in [0.2, 0.25) is 0 Å². The first-order valence-corrected chi connectivity index (χ1v) is 4.94. The first kappa shape index (κ1) is 8.97. The van der Waals surface area contributed by atoms with Crippen molar-refractivity contribution in [3.05, 3.63) is 23.8 Å². The Morgan fingerprint density at radius 3 is 3.15 bits per heavy atom. The summed E-state index contributed by atoms with van der Waals surface area (Å²) in [6.07, 6.45) is 9.16. The standard InChI is InChI=1S/C11H17NO/c1-13-7-8-2-4-10-9(6-8)3-5-11(10)12/h2,4,6,9-11H,3,5,7,12H2,1H3/t9?,10?,11-/m0/s1. The summed E-state index contributed by atoms with van der Waals surface area (Å²) in [5.74, 6) is 1.26. The van der Waals surface area contributed by atoms with E-state index < -0.39 is 0 Å². The van der Waals surface area contributed by atoms with E-state index >= 15 is 0 Å². The molecule has 1 saturated carbocycles. The highest BCUT2D eigenvalue weighted by atomic mass is 16.5. The molecule has 2 aliphatic rings. The van der Waals surface area contributed by atoms with E-state index in [1.807, 2.05) is 0 Å². The van der Waals surface area contributed by atoms with Crippen molar-refractivity contribution in [2.24, 2.45) is 17.6 Å². The second kappa shape index (κ2) is 3.64. The first-order valence-electron chi connectivity index (χ1n) is 4.94. The van der Waals surface area contributed by atoms with Crippen LogP contribution in [0.4, 0.5) is 0 Å². The zero-order chi connectivity index (χ0) is 9.26. The molecule has 72 valence electrons. The minimum Gasteiger partial charge on any atom is -0.380 e. The van der Waals surface area contributed by atoms with Gasteiger partial charge in [-0.2, -0.15) is 0 Å². The highest BCUT2D eigenvalue weighted by molar-refractivity contribution is 5.28. The molecule has 0 spiro atoms. The fourth-order valence-corrected chi connectivity index (χ4v) is 2.40. The van der Waals surface area contributed by atoms with Crippen LogP contribution in [0.5, 0.6) is 0 Å².